The lowest BCUT2D eigenvalue weighted by Crippen LogP contribution is -1.62. The predicted molar refractivity (Wildman–Crippen MR) is 36.9 cm³/mol. The second-order valence-electron chi connectivity index (χ2n) is 1.39. The predicted octanol–water partition coefficient (Wildman–Crippen LogP) is 2.88. The van der Waals surface area contributed by atoms with Crippen LogP contribution in [-0.2, 0) is 0 Å². The van der Waals surface area contributed by atoms with E-state index in [1.54, 1.807) is 0 Å². The van der Waals surface area contributed by atoms with Crippen molar-refractivity contribution in [3.8, 4) is 0 Å². The topological polar surface area (TPSA) is 0 Å². The largest absolute Gasteiger partial charge is 0.0868 e. The van der Waals surface area contributed by atoms with Crippen LogP contribution in [0, 0.1) is 0 Å². The fourth-order valence-electron chi connectivity index (χ4n) is 0.309. The summed E-state index contributed by atoms with van der Waals surface area (Å²) in [6.45, 7) is 4.26. The molecule has 0 aliphatic heterocycles. The number of hydrogen-bond donors (Lipinski definition) is 0. The van der Waals surface area contributed by atoms with Crippen LogP contribution in [0.4, 0.5) is 0 Å². The van der Waals surface area contributed by atoms with Crippen LogP contribution >= 0.6 is 8.58 Å². The summed E-state index contributed by atoms with van der Waals surface area (Å²) in [6.07, 6.45) is 4.70. The molecule has 0 amide bonds. The summed E-state index contributed by atoms with van der Waals surface area (Å²) in [6, 6.07) is 0. The quantitative estimate of drug-likeness (QED) is 0.392. The van der Waals surface area contributed by atoms with Gasteiger partial charge in [0, 0.05) is 0 Å². The summed E-state index contributed by atoms with van der Waals surface area (Å²) < 4.78 is 0. The summed E-state index contributed by atoms with van der Waals surface area (Å²) in [5, 5.41) is 0. The van der Waals surface area contributed by atoms with Crippen molar-refractivity contribution in [2.75, 3.05) is 6.16 Å². The molecule has 0 fully saturated rings. The Hall–Kier alpha value is 0.170. The number of allylic oxidation sites excluding steroid dienone is 1. The molecule has 0 spiro atoms. The molecule has 0 N–H and O–H groups in total. The van der Waals surface area contributed by atoms with E-state index in [1.807, 2.05) is 0 Å². The molecule has 0 saturated carbocycles. The summed E-state index contributed by atoms with van der Waals surface area (Å²) in [5.74, 6) is 2.18. The molecule has 7 heavy (non-hydrogen) atoms. The van der Waals surface area contributed by atoms with Crippen molar-refractivity contribution in [3.63, 3.8) is 0 Å². The Balaban J connectivity index is 2.69. The van der Waals surface area contributed by atoms with Crippen molar-refractivity contribution in [1.29, 1.82) is 0 Å². The van der Waals surface area contributed by atoms with Crippen LogP contribution in [0.1, 0.15) is 20.3 Å². The van der Waals surface area contributed by atoms with Crippen molar-refractivity contribution in [2.24, 2.45) is 0 Å². The molecule has 0 aliphatic rings. The van der Waals surface area contributed by atoms with Gasteiger partial charge in [-0.1, -0.05) is 33.8 Å². The first-order valence-corrected chi connectivity index (χ1v) is 3.84. The van der Waals surface area contributed by atoms with Crippen LogP contribution in [-0.4, -0.2) is 6.16 Å². The van der Waals surface area contributed by atoms with Crippen LogP contribution in [0.25, 0.3) is 0 Å². The fraction of sp³-hybridized carbons (Fsp3) is 0.667. The summed E-state index contributed by atoms with van der Waals surface area (Å²) in [4.78, 5) is 0. The molecule has 0 rings (SSSR count). The molecule has 0 atom stereocenters. The third-order valence-corrected chi connectivity index (χ3v) is 1.82. The van der Waals surface area contributed by atoms with E-state index in [9.17, 15) is 0 Å². The molecule has 0 aromatic rings. The minimum absolute atomic E-state index is 1.30. The van der Waals surface area contributed by atoms with Gasteiger partial charge in [-0.3, -0.25) is 0 Å². The van der Waals surface area contributed by atoms with E-state index in [0.29, 0.717) is 0 Å². The van der Waals surface area contributed by atoms with Gasteiger partial charge in [0.1, 0.15) is 0 Å². The normalized spacial score (nSPS) is 12.3. The van der Waals surface area contributed by atoms with E-state index in [1.165, 1.54) is 21.2 Å². The van der Waals surface area contributed by atoms with Crippen molar-refractivity contribution in [2.45, 2.75) is 20.3 Å². The van der Waals surface area contributed by atoms with Crippen molar-refractivity contribution >= 4 is 8.58 Å². The third-order valence-electron chi connectivity index (χ3n) is 0.607. The second kappa shape index (κ2) is 6.17. The number of hydrogen-bond acceptors (Lipinski definition) is 0. The Bertz CT molecular complexity index is 48.1. The molecule has 0 nitrogen and oxygen atoms in total. The maximum atomic E-state index is 2.20. The average Bonchev–Trinajstić information content (AvgIpc) is 1.69. The molecule has 0 aliphatic carbocycles. The molecular weight excluding hydrogens is 103 g/mol. The van der Waals surface area contributed by atoms with Gasteiger partial charge in [-0.2, -0.15) is 0 Å². The molecule has 1 radical (unpaired) electrons. The highest BCUT2D eigenvalue weighted by molar-refractivity contribution is 7.41. The maximum Gasteiger partial charge on any atom is -0.0252 e. The molecule has 0 aromatic heterocycles. The Morgan fingerprint density at radius 2 is 2.29 bits per heavy atom. The molecule has 0 aromatic carbocycles. The van der Waals surface area contributed by atoms with Gasteiger partial charge in [-0.15, -0.1) is 0 Å². The Morgan fingerprint density at radius 1 is 1.57 bits per heavy atom. The highest BCUT2D eigenvalue weighted by atomic mass is 31.1. The van der Waals surface area contributed by atoms with Crippen molar-refractivity contribution in [3.05, 3.63) is 11.9 Å². The Kier molecular flexibility index (Phi) is 6.32. The first-order valence-electron chi connectivity index (χ1n) is 2.69. The summed E-state index contributed by atoms with van der Waals surface area (Å²) in [7, 11) is 1.46. The van der Waals surface area contributed by atoms with Crippen molar-refractivity contribution in [1.82, 2.24) is 0 Å². The second-order valence-corrected chi connectivity index (χ2v) is 2.50. The SMILES string of the molecule is C/C=C\[P]CCC. The zero-order valence-electron chi connectivity index (χ0n) is 5.02. The van der Waals surface area contributed by atoms with Gasteiger partial charge in [0.2, 0.25) is 0 Å². The third kappa shape index (κ3) is 6.17. The van der Waals surface area contributed by atoms with Gasteiger partial charge in [0.25, 0.3) is 0 Å². The van der Waals surface area contributed by atoms with Gasteiger partial charge in [-0.25, -0.2) is 0 Å². The lowest BCUT2D eigenvalue weighted by atomic mass is 10.6. The molecule has 0 saturated heterocycles. The standard InChI is InChI=1S/C6H12P/c1-3-5-7-6-4-2/h3,5H,4,6H2,1-2H3/b5-3-. The monoisotopic (exact) mass is 115 g/mol. The van der Waals surface area contributed by atoms with Gasteiger partial charge in [0.05, 0.1) is 0 Å². The van der Waals surface area contributed by atoms with E-state index in [0.717, 1.165) is 0 Å². The molecule has 41 valence electrons. The van der Waals surface area contributed by atoms with Crippen LogP contribution < -0.4 is 0 Å². The number of rotatable bonds is 3. The summed E-state index contributed by atoms with van der Waals surface area (Å²) in [5.41, 5.74) is 0. The maximum absolute atomic E-state index is 2.20. The van der Waals surface area contributed by atoms with Crippen molar-refractivity contribution < 1.29 is 0 Å². The minimum Gasteiger partial charge on any atom is -0.0868 e. The lowest BCUT2D eigenvalue weighted by Gasteiger charge is -1.83. The van der Waals surface area contributed by atoms with Crippen LogP contribution in [0.15, 0.2) is 11.9 Å². The smallest absolute Gasteiger partial charge is 0.0252 e. The van der Waals surface area contributed by atoms with E-state index >= 15 is 0 Å². The lowest BCUT2D eigenvalue weighted by molar-refractivity contribution is 1.10. The van der Waals surface area contributed by atoms with Gasteiger partial charge < -0.3 is 0 Å². The van der Waals surface area contributed by atoms with E-state index in [4.69, 9.17) is 0 Å². The fourth-order valence-corrected chi connectivity index (χ4v) is 0.927. The molecule has 0 unspecified atom stereocenters. The average molecular weight is 115 g/mol. The Morgan fingerprint density at radius 3 is 2.71 bits per heavy atom. The molecule has 0 bridgehead atoms. The zero-order chi connectivity index (χ0) is 5.54. The van der Waals surface area contributed by atoms with E-state index < -0.39 is 0 Å². The van der Waals surface area contributed by atoms with E-state index in [-0.39, 0.29) is 0 Å². The molecular formula is C6H12P. The highest BCUT2D eigenvalue weighted by Crippen LogP contribution is 2.11. The highest BCUT2D eigenvalue weighted by Gasteiger charge is 1.73. The minimum atomic E-state index is 1.30. The molecule has 1 heteroatoms. The van der Waals surface area contributed by atoms with Gasteiger partial charge in [0.15, 0.2) is 0 Å². The van der Waals surface area contributed by atoms with Crippen LogP contribution in [0.3, 0.4) is 0 Å². The first-order chi connectivity index (χ1) is 3.41. The summed E-state index contributed by atoms with van der Waals surface area (Å²) >= 11 is 0. The van der Waals surface area contributed by atoms with E-state index in [2.05, 4.69) is 25.7 Å². The zero-order valence-corrected chi connectivity index (χ0v) is 5.91. The first kappa shape index (κ1) is 7.17. The van der Waals surface area contributed by atoms with Gasteiger partial charge in [-0.05, 0) is 13.1 Å². The van der Waals surface area contributed by atoms with Gasteiger partial charge >= 0.3 is 0 Å². The van der Waals surface area contributed by atoms with Crippen LogP contribution in [0.5, 0.6) is 0 Å². The Labute approximate surface area is 47.8 Å². The van der Waals surface area contributed by atoms with Crippen LogP contribution in [0.2, 0.25) is 0 Å². The molecule has 0 heterocycles.